The predicted octanol–water partition coefficient (Wildman–Crippen LogP) is 4.61. The number of halogens is 3. The molecule has 1 N–H and O–H groups in total. The summed E-state index contributed by atoms with van der Waals surface area (Å²) in [6.45, 7) is 1.93. The minimum Gasteiger partial charge on any atom is -0.462 e. The van der Waals surface area contributed by atoms with E-state index in [0.717, 1.165) is 4.90 Å². The lowest BCUT2D eigenvalue weighted by atomic mass is 10.2. The van der Waals surface area contributed by atoms with Crippen molar-refractivity contribution in [2.24, 2.45) is 0 Å². The number of hydrogen-bond acceptors (Lipinski definition) is 5. The van der Waals surface area contributed by atoms with Gasteiger partial charge in [0.05, 0.1) is 27.9 Å². The highest BCUT2D eigenvalue weighted by molar-refractivity contribution is 6.54. The molecule has 0 radical (unpaired) electrons. The van der Waals surface area contributed by atoms with Crippen molar-refractivity contribution in [3.63, 3.8) is 0 Å². The molecule has 0 saturated carbocycles. The van der Waals surface area contributed by atoms with E-state index in [2.05, 4.69) is 5.32 Å². The first-order valence-electron chi connectivity index (χ1n) is 8.12. The summed E-state index contributed by atoms with van der Waals surface area (Å²) in [6.07, 6.45) is 0. The molecular weight excluding hydrogens is 427 g/mol. The van der Waals surface area contributed by atoms with Gasteiger partial charge < -0.3 is 10.1 Å². The van der Waals surface area contributed by atoms with Crippen molar-refractivity contribution in [1.82, 2.24) is 0 Å². The predicted molar refractivity (Wildman–Crippen MR) is 108 cm³/mol. The van der Waals surface area contributed by atoms with Gasteiger partial charge in [0.15, 0.2) is 0 Å². The first-order chi connectivity index (χ1) is 13.3. The topological polar surface area (TPSA) is 75.7 Å². The van der Waals surface area contributed by atoms with Crippen molar-refractivity contribution >= 4 is 64.0 Å². The van der Waals surface area contributed by atoms with Crippen LogP contribution in [-0.2, 0) is 14.3 Å². The van der Waals surface area contributed by atoms with Crippen molar-refractivity contribution < 1.29 is 19.1 Å². The number of rotatable bonds is 5. The molecule has 1 aliphatic rings. The summed E-state index contributed by atoms with van der Waals surface area (Å²) in [7, 11) is 0. The molecule has 0 saturated heterocycles. The smallest absolute Gasteiger partial charge is 0.338 e. The highest BCUT2D eigenvalue weighted by Gasteiger charge is 2.40. The molecule has 2 aromatic carbocycles. The lowest BCUT2D eigenvalue weighted by Crippen LogP contribution is -2.32. The fourth-order valence-corrected chi connectivity index (χ4v) is 3.17. The van der Waals surface area contributed by atoms with Gasteiger partial charge in [-0.3, -0.25) is 9.59 Å². The molecule has 0 bridgehead atoms. The summed E-state index contributed by atoms with van der Waals surface area (Å²) < 4.78 is 4.95. The third kappa shape index (κ3) is 3.71. The highest BCUT2D eigenvalue weighted by atomic mass is 35.5. The zero-order chi connectivity index (χ0) is 20.4. The van der Waals surface area contributed by atoms with Crippen LogP contribution in [0.2, 0.25) is 10.0 Å². The number of benzene rings is 2. The van der Waals surface area contributed by atoms with Gasteiger partial charge in [0.2, 0.25) is 0 Å². The van der Waals surface area contributed by atoms with Gasteiger partial charge in [0, 0.05) is 5.69 Å². The van der Waals surface area contributed by atoms with Crippen LogP contribution < -0.4 is 10.2 Å². The maximum atomic E-state index is 12.8. The Bertz CT molecular complexity index is 1020. The average molecular weight is 440 g/mol. The molecule has 144 valence electrons. The van der Waals surface area contributed by atoms with E-state index in [9.17, 15) is 14.4 Å². The van der Waals surface area contributed by atoms with Gasteiger partial charge in [-0.2, -0.15) is 0 Å². The number of esters is 1. The molecule has 1 heterocycles. The number of ether oxygens (including phenoxy) is 1. The SMILES string of the molecule is CCOC(=O)c1cccc(NC2=C(Cl)C(=O)N(c3cccc(Cl)c3Cl)C2=O)c1. The second-order valence-corrected chi connectivity index (χ2v) is 6.80. The van der Waals surface area contributed by atoms with Crippen LogP contribution >= 0.6 is 34.8 Å². The largest absolute Gasteiger partial charge is 0.462 e. The Hall–Kier alpha value is -2.54. The second-order valence-electron chi connectivity index (χ2n) is 5.63. The Morgan fingerprint density at radius 1 is 1.07 bits per heavy atom. The van der Waals surface area contributed by atoms with E-state index in [1.807, 2.05) is 0 Å². The number of amides is 2. The van der Waals surface area contributed by atoms with Crippen LogP contribution in [0, 0.1) is 0 Å². The van der Waals surface area contributed by atoms with Gasteiger partial charge >= 0.3 is 5.97 Å². The molecule has 9 heteroatoms. The van der Waals surface area contributed by atoms with E-state index in [1.54, 1.807) is 31.2 Å². The van der Waals surface area contributed by atoms with Crippen molar-refractivity contribution in [2.75, 3.05) is 16.8 Å². The second kappa shape index (κ2) is 8.22. The highest BCUT2D eigenvalue weighted by Crippen LogP contribution is 2.37. The minimum absolute atomic E-state index is 0.0564. The molecule has 0 fully saturated rings. The van der Waals surface area contributed by atoms with Crippen LogP contribution in [0.3, 0.4) is 0 Å². The third-order valence-corrected chi connectivity index (χ3v) is 5.00. The molecule has 0 unspecified atom stereocenters. The van der Waals surface area contributed by atoms with Gasteiger partial charge in [-0.1, -0.05) is 46.9 Å². The van der Waals surface area contributed by atoms with Crippen molar-refractivity contribution in [1.29, 1.82) is 0 Å². The number of anilines is 2. The summed E-state index contributed by atoms with van der Waals surface area (Å²) in [6, 6.07) is 10.9. The molecule has 3 rings (SSSR count). The van der Waals surface area contributed by atoms with Crippen molar-refractivity contribution in [3.05, 3.63) is 68.8 Å². The van der Waals surface area contributed by atoms with Gasteiger partial charge in [-0.25, -0.2) is 9.69 Å². The molecule has 6 nitrogen and oxygen atoms in total. The fraction of sp³-hybridized carbons (Fsp3) is 0.105. The molecule has 2 aromatic rings. The Morgan fingerprint density at radius 3 is 2.50 bits per heavy atom. The summed E-state index contributed by atoms with van der Waals surface area (Å²) in [5.41, 5.74) is 0.664. The van der Waals surface area contributed by atoms with Crippen molar-refractivity contribution in [2.45, 2.75) is 6.92 Å². The van der Waals surface area contributed by atoms with Crippen molar-refractivity contribution in [3.8, 4) is 0 Å². The summed E-state index contributed by atoms with van der Waals surface area (Å²) in [5.74, 6) is -1.94. The van der Waals surface area contributed by atoms with Gasteiger partial charge in [0.1, 0.15) is 10.7 Å². The molecule has 1 aliphatic heterocycles. The third-order valence-electron chi connectivity index (χ3n) is 3.84. The maximum absolute atomic E-state index is 12.8. The lowest BCUT2D eigenvalue weighted by Gasteiger charge is -2.17. The molecular formula is C19H13Cl3N2O4. The summed E-state index contributed by atoms with van der Waals surface area (Å²) in [4.78, 5) is 38.1. The molecule has 0 aliphatic carbocycles. The fourth-order valence-electron chi connectivity index (χ4n) is 2.58. The van der Waals surface area contributed by atoms with E-state index in [-0.39, 0.29) is 38.6 Å². The first kappa shape index (κ1) is 20.2. The molecule has 0 spiro atoms. The van der Waals surface area contributed by atoms with Crippen LogP contribution in [-0.4, -0.2) is 24.4 Å². The van der Waals surface area contributed by atoms with Crippen LogP contribution in [0.1, 0.15) is 17.3 Å². The Balaban J connectivity index is 1.90. The Kier molecular flexibility index (Phi) is 5.93. The van der Waals surface area contributed by atoms with E-state index in [4.69, 9.17) is 39.5 Å². The number of carbonyl (C=O) groups is 3. The van der Waals surface area contributed by atoms with E-state index >= 15 is 0 Å². The zero-order valence-electron chi connectivity index (χ0n) is 14.5. The van der Waals surface area contributed by atoms with E-state index in [0.29, 0.717) is 5.69 Å². The van der Waals surface area contributed by atoms with Gasteiger partial charge in [-0.05, 0) is 37.3 Å². The zero-order valence-corrected chi connectivity index (χ0v) is 16.7. The number of nitrogens with zero attached hydrogens (tertiary/aromatic N) is 1. The Labute approximate surface area is 175 Å². The van der Waals surface area contributed by atoms with E-state index < -0.39 is 17.8 Å². The molecule has 2 amide bonds. The van der Waals surface area contributed by atoms with E-state index in [1.165, 1.54) is 18.2 Å². The Morgan fingerprint density at radius 2 is 1.79 bits per heavy atom. The maximum Gasteiger partial charge on any atom is 0.338 e. The standard InChI is InChI=1S/C19H13Cl3N2O4/c1-2-28-19(27)10-5-3-6-11(9-10)23-16-15(22)17(25)24(18(16)26)13-8-4-7-12(20)14(13)21/h3-9,23H,2H2,1H3. The number of hydrogen-bond donors (Lipinski definition) is 1. The molecule has 28 heavy (non-hydrogen) atoms. The van der Waals surface area contributed by atoms with Crippen LogP contribution in [0.15, 0.2) is 53.2 Å². The average Bonchev–Trinajstić information content (AvgIpc) is 2.88. The number of imide groups is 1. The van der Waals surface area contributed by atoms with Crippen LogP contribution in [0.4, 0.5) is 11.4 Å². The molecule has 0 aromatic heterocycles. The lowest BCUT2D eigenvalue weighted by molar-refractivity contribution is -0.120. The monoisotopic (exact) mass is 438 g/mol. The van der Waals surface area contributed by atoms with Crippen LogP contribution in [0.5, 0.6) is 0 Å². The number of nitrogens with one attached hydrogen (secondary N) is 1. The first-order valence-corrected chi connectivity index (χ1v) is 9.25. The van der Waals surface area contributed by atoms with Gasteiger partial charge in [-0.15, -0.1) is 0 Å². The van der Waals surface area contributed by atoms with Crippen LogP contribution in [0.25, 0.3) is 0 Å². The van der Waals surface area contributed by atoms with Gasteiger partial charge in [0.25, 0.3) is 11.8 Å². The number of carbonyl (C=O) groups excluding carboxylic acids is 3. The summed E-state index contributed by atoms with van der Waals surface area (Å²) in [5, 5.41) is 2.74. The minimum atomic E-state index is -0.736. The normalized spacial score (nSPS) is 13.9. The summed E-state index contributed by atoms with van der Waals surface area (Å²) >= 11 is 18.2. The quantitative estimate of drug-likeness (QED) is 0.544. The molecule has 0 atom stereocenters.